The fraction of sp³-hybridized carbons (Fsp3) is 0.550. The third kappa shape index (κ3) is 5.96. The number of hydrogen-bond acceptors (Lipinski definition) is 7. The molecule has 29 heavy (non-hydrogen) atoms. The van der Waals surface area contributed by atoms with E-state index in [1.165, 1.54) is 11.5 Å². The average molecular weight is 419 g/mol. The summed E-state index contributed by atoms with van der Waals surface area (Å²) in [6.45, 7) is 9.81. The van der Waals surface area contributed by atoms with Gasteiger partial charge in [0.1, 0.15) is 23.9 Å². The van der Waals surface area contributed by atoms with E-state index >= 15 is 0 Å². The number of anilines is 1. The van der Waals surface area contributed by atoms with Gasteiger partial charge < -0.3 is 24.6 Å². The fourth-order valence-corrected chi connectivity index (χ4v) is 3.84. The molecule has 1 aromatic carbocycles. The molecule has 0 radical (unpaired) electrons. The number of aliphatic imine (C=N–C) groups is 1. The van der Waals surface area contributed by atoms with Crippen molar-refractivity contribution in [2.24, 2.45) is 4.99 Å². The average Bonchev–Trinajstić information content (AvgIpc) is 3.26. The number of nitrogens with one attached hydrogen (secondary N) is 1. The van der Waals surface area contributed by atoms with Crippen molar-refractivity contribution in [3.05, 3.63) is 30.1 Å². The molecule has 9 heteroatoms. The summed E-state index contributed by atoms with van der Waals surface area (Å²) in [4.78, 5) is 14.0. The first kappa shape index (κ1) is 21.2. The monoisotopic (exact) mass is 418 g/mol. The van der Waals surface area contributed by atoms with Gasteiger partial charge in [0.05, 0.1) is 13.7 Å². The zero-order valence-corrected chi connectivity index (χ0v) is 18.2. The molecule has 0 atom stereocenters. The first-order chi connectivity index (χ1) is 14.2. The minimum Gasteiger partial charge on any atom is -0.497 e. The first-order valence-corrected chi connectivity index (χ1v) is 10.9. The molecule has 3 rings (SSSR count). The van der Waals surface area contributed by atoms with Crippen molar-refractivity contribution in [3.63, 3.8) is 0 Å². The largest absolute Gasteiger partial charge is 0.497 e. The predicted molar refractivity (Wildman–Crippen MR) is 118 cm³/mol. The summed E-state index contributed by atoms with van der Waals surface area (Å²) < 4.78 is 15.3. The molecule has 0 spiro atoms. The van der Waals surface area contributed by atoms with Gasteiger partial charge in [-0.1, -0.05) is 6.92 Å². The molecular weight excluding hydrogens is 388 g/mol. The quantitative estimate of drug-likeness (QED) is 0.400. The van der Waals surface area contributed by atoms with Gasteiger partial charge in [-0.2, -0.15) is 4.37 Å². The summed E-state index contributed by atoms with van der Waals surface area (Å²) in [5.41, 5.74) is 0. The van der Waals surface area contributed by atoms with Gasteiger partial charge in [0.25, 0.3) is 0 Å². The molecule has 2 heterocycles. The van der Waals surface area contributed by atoms with E-state index < -0.39 is 0 Å². The number of benzene rings is 1. The Kier molecular flexibility index (Phi) is 7.92. The lowest BCUT2D eigenvalue weighted by molar-refractivity contribution is 0.324. The zero-order valence-electron chi connectivity index (χ0n) is 17.4. The first-order valence-electron chi connectivity index (χ1n) is 10.1. The highest BCUT2D eigenvalue weighted by atomic mass is 32.1. The highest BCUT2D eigenvalue weighted by Crippen LogP contribution is 2.19. The van der Waals surface area contributed by atoms with Crippen LogP contribution in [0.1, 0.15) is 19.7 Å². The van der Waals surface area contributed by atoms with Crippen LogP contribution in [0, 0.1) is 0 Å². The lowest BCUT2D eigenvalue weighted by Crippen LogP contribution is -2.52. The molecule has 1 aliphatic heterocycles. The SMILES string of the molecule is CCNC(=NCCOc1ccc(OC)cc1)N1CCN(c2nc(CC)ns2)CC1. The Balaban J connectivity index is 1.48. The number of piperazine rings is 1. The maximum Gasteiger partial charge on any atom is 0.205 e. The Morgan fingerprint density at radius 3 is 2.48 bits per heavy atom. The van der Waals surface area contributed by atoms with Gasteiger partial charge in [-0.15, -0.1) is 0 Å². The summed E-state index contributed by atoms with van der Waals surface area (Å²) in [5, 5.41) is 4.42. The number of guanidine groups is 1. The van der Waals surface area contributed by atoms with Crippen LogP contribution in [0.4, 0.5) is 5.13 Å². The zero-order chi connectivity index (χ0) is 20.5. The van der Waals surface area contributed by atoms with E-state index in [4.69, 9.17) is 14.5 Å². The van der Waals surface area contributed by atoms with E-state index in [1.54, 1.807) is 7.11 Å². The van der Waals surface area contributed by atoms with Crippen LogP contribution in [0.2, 0.25) is 0 Å². The molecular formula is C20H30N6O2S. The summed E-state index contributed by atoms with van der Waals surface area (Å²) in [6, 6.07) is 7.60. The second-order valence-electron chi connectivity index (χ2n) is 6.58. The Morgan fingerprint density at radius 1 is 1.14 bits per heavy atom. The molecule has 0 bridgehead atoms. The molecule has 1 aliphatic rings. The van der Waals surface area contributed by atoms with Gasteiger partial charge in [0, 0.05) is 50.7 Å². The number of aryl methyl sites for hydroxylation is 1. The third-order valence-corrected chi connectivity index (χ3v) is 5.45. The van der Waals surface area contributed by atoms with Crippen LogP contribution in [0.3, 0.4) is 0 Å². The van der Waals surface area contributed by atoms with Gasteiger partial charge in [-0.05, 0) is 31.2 Å². The molecule has 0 aliphatic carbocycles. The Labute approximate surface area is 176 Å². The second-order valence-corrected chi connectivity index (χ2v) is 7.31. The minimum absolute atomic E-state index is 0.533. The molecule has 2 aromatic rings. The summed E-state index contributed by atoms with van der Waals surface area (Å²) in [6.07, 6.45) is 0.881. The molecule has 158 valence electrons. The molecule has 1 aromatic heterocycles. The molecule has 1 N–H and O–H groups in total. The summed E-state index contributed by atoms with van der Waals surface area (Å²) in [5.74, 6) is 3.52. The van der Waals surface area contributed by atoms with Crippen LogP contribution < -0.4 is 19.7 Å². The topological polar surface area (TPSA) is 75.1 Å². The fourth-order valence-electron chi connectivity index (χ4n) is 3.04. The normalized spacial score (nSPS) is 14.8. The number of ether oxygens (including phenoxy) is 2. The summed E-state index contributed by atoms with van der Waals surface area (Å²) in [7, 11) is 1.66. The van der Waals surface area contributed by atoms with Crippen LogP contribution >= 0.6 is 11.5 Å². The van der Waals surface area contributed by atoms with Crippen LogP contribution in [0.25, 0.3) is 0 Å². The van der Waals surface area contributed by atoms with Crippen LogP contribution in [-0.4, -0.2) is 73.2 Å². The molecule has 1 saturated heterocycles. The lowest BCUT2D eigenvalue weighted by atomic mass is 10.3. The number of aromatic nitrogens is 2. The maximum absolute atomic E-state index is 5.78. The Morgan fingerprint density at radius 2 is 1.86 bits per heavy atom. The highest BCUT2D eigenvalue weighted by molar-refractivity contribution is 7.09. The van der Waals surface area contributed by atoms with E-state index in [9.17, 15) is 0 Å². The van der Waals surface area contributed by atoms with Crippen molar-refractivity contribution in [2.45, 2.75) is 20.3 Å². The van der Waals surface area contributed by atoms with E-state index in [2.05, 4.69) is 38.3 Å². The van der Waals surface area contributed by atoms with Crippen LogP contribution in [-0.2, 0) is 6.42 Å². The van der Waals surface area contributed by atoms with E-state index in [-0.39, 0.29) is 0 Å². The van der Waals surface area contributed by atoms with Crippen molar-refractivity contribution < 1.29 is 9.47 Å². The number of methoxy groups -OCH3 is 1. The Hall–Kier alpha value is -2.55. The smallest absolute Gasteiger partial charge is 0.205 e. The minimum atomic E-state index is 0.533. The standard InChI is InChI=1S/C20H30N6O2S/c1-4-18-23-20(29-24-18)26-13-11-25(12-14-26)19(21-5-2)22-10-15-28-17-8-6-16(27-3)7-9-17/h6-9H,4-5,10-15H2,1-3H3,(H,21,22). The van der Waals surface area contributed by atoms with Gasteiger partial charge in [0.2, 0.25) is 5.13 Å². The highest BCUT2D eigenvalue weighted by Gasteiger charge is 2.21. The van der Waals surface area contributed by atoms with Gasteiger partial charge in [0.15, 0.2) is 5.96 Å². The third-order valence-electron chi connectivity index (χ3n) is 4.64. The number of nitrogens with zero attached hydrogens (tertiary/aromatic N) is 5. The van der Waals surface area contributed by atoms with Crippen LogP contribution in [0.5, 0.6) is 11.5 Å². The van der Waals surface area contributed by atoms with Crippen molar-refractivity contribution in [3.8, 4) is 11.5 Å². The second kappa shape index (κ2) is 10.8. The van der Waals surface area contributed by atoms with E-state index in [0.29, 0.717) is 13.2 Å². The van der Waals surface area contributed by atoms with E-state index in [0.717, 1.165) is 67.6 Å². The molecule has 1 fully saturated rings. The van der Waals surface area contributed by atoms with Gasteiger partial charge >= 0.3 is 0 Å². The molecule has 8 nitrogen and oxygen atoms in total. The molecule has 0 amide bonds. The maximum atomic E-state index is 5.78. The van der Waals surface area contributed by atoms with Gasteiger partial charge in [-0.3, -0.25) is 0 Å². The molecule has 0 saturated carbocycles. The van der Waals surface area contributed by atoms with E-state index in [1.807, 2.05) is 24.3 Å². The van der Waals surface area contributed by atoms with Crippen molar-refractivity contribution in [1.29, 1.82) is 0 Å². The number of rotatable bonds is 8. The van der Waals surface area contributed by atoms with Crippen molar-refractivity contribution in [2.75, 3.05) is 57.9 Å². The summed E-state index contributed by atoms with van der Waals surface area (Å²) >= 11 is 1.49. The van der Waals surface area contributed by atoms with Crippen LogP contribution in [0.15, 0.2) is 29.3 Å². The number of hydrogen-bond donors (Lipinski definition) is 1. The Bertz CT molecular complexity index is 772. The lowest BCUT2D eigenvalue weighted by Gasteiger charge is -2.36. The predicted octanol–water partition coefficient (Wildman–Crippen LogP) is 2.28. The molecule has 0 unspecified atom stereocenters. The van der Waals surface area contributed by atoms with Crippen molar-refractivity contribution in [1.82, 2.24) is 19.6 Å². The van der Waals surface area contributed by atoms with Crippen molar-refractivity contribution >= 4 is 22.6 Å². The van der Waals surface area contributed by atoms with Gasteiger partial charge in [-0.25, -0.2) is 9.98 Å².